The second-order valence-electron chi connectivity index (χ2n) is 34.1. The summed E-state index contributed by atoms with van der Waals surface area (Å²) in [6, 6.07) is 51.2. The molecule has 0 amide bonds. The van der Waals surface area contributed by atoms with Crippen LogP contribution < -0.4 is 24.8 Å². The van der Waals surface area contributed by atoms with E-state index in [-0.39, 0.29) is 0 Å². The van der Waals surface area contributed by atoms with Crippen molar-refractivity contribution < 1.29 is 115 Å². The highest BCUT2D eigenvalue weighted by molar-refractivity contribution is 5.58. The number of anilines is 2. The van der Waals surface area contributed by atoms with Gasteiger partial charge in [0.25, 0.3) is 0 Å². The Kier molecular flexibility index (Phi) is 28.9. The number of fused-ring (bicyclic) bond motifs is 4. The van der Waals surface area contributed by atoms with Crippen LogP contribution in [0.2, 0.25) is 0 Å². The van der Waals surface area contributed by atoms with Crippen molar-refractivity contribution in [3.8, 4) is 17.2 Å². The molecule has 121 heavy (non-hydrogen) atoms. The molecule has 0 spiro atoms. The molecule has 8 aromatic rings. The standard InChI is InChI=1S/C26H32O6.C25H31NO5.C24H31NO5.C21H24O7/c27-14-22-23(28)24(29)25(30)26(32-22)18-7-8-20(16-3-1-4-16)19(13-18)12-15-6-9-21-17(11-15)5-2-10-31-21;27-13-21-22(28)23(29)24(30)25(31-21)17-7-8-19(15-5-6-15)18(12-17)10-14-3-4-16-2-1-9-26-20(16)11-14;1-2-15-7-8-17(24-23(29)22(28)21(27)20(13-26)30-24)12-18(15)10-14-5-6-16-4-3-9-25-19(16)11-14;22-11-17-18(23)19(24)20(25)21(28-17)14-3-1-2-12(9-14)8-13-4-5-15-16(10-13)27-7-6-26-15/h6-9,11,13,16,22-30H,1-5,10,12,14H2;3-4,7-8,11-12,15,21-30H,1-2,5-6,9-10,13H2;5-8,11-12,20-29H,2-4,9-10,13H2,1H3;1-5,9-10,17-25H,6-8,11H2/t22-,23-,24+,25-,26+;21-,22-,23+,24-,25+;20-,21-,22+,23-,24+;17-,18-,19+,20-,21+/m1111/s1. The third kappa shape index (κ3) is 20.0. The van der Waals surface area contributed by atoms with Gasteiger partial charge in [0, 0.05) is 24.5 Å². The Balaban J connectivity index is 0.000000126. The Morgan fingerprint density at radius 1 is 0.306 bits per heavy atom. The maximum Gasteiger partial charge on any atom is 0.161 e. The lowest BCUT2D eigenvalue weighted by Gasteiger charge is -2.40. The summed E-state index contributed by atoms with van der Waals surface area (Å²) in [4.78, 5) is 0. The SMILES string of the molecule is CCc1ccc([C@@H]2O[C@H](CO)[C@@H](O)[C@H](O)[C@H]2O)cc1Cc1ccc2c(c1)NCCC2.OC[C@H]1O[C@@H](c2ccc(C3CC3)c(Cc3ccc4c(c3)NCCC4)c2)[C@H](O)[C@@H](O)[C@@H]1O.OC[C@H]1O[C@@H](c2ccc(C3CCC3)c(Cc3ccc4c(c3)CCCO4)c2)[C@H](O)[C@@H](O)[C@@H]1O.OC[C@H]1O[C@@H](c2cccc(Cc3ccc4c(c3)OCCO4)c2)[C@H](O)[C@@H](O)[C@@H]1O. The highest BCUT2D eigenvalue weighted by Gasteiger charge is 2.48. The third-order valence-electron chi connectivity index (χ3n) is 25.7. The highest BCUT2D eigenvalue weighted by Crippen LogP contribution is 2.46. The van der Waals surface area contributed by atoms with Gasteiger partial charge in [-0.2, -0.15) is 0 Å². The van der Waals surface area contributed by atoms with Crippen molar-refractivity contribution in [3.63, 3.8) is 0 Å². The summed E-state index contributed by atoms with van der Waals surface area (Å²) < 4.78 is 39.9. The van der Waals surface area contributed by atoms with E-state index in [4.69, 9.17) is 33.2 Å². The van der Waals surface area contributed by atoms with E-state index in [0.717, 1.165) is 128 Å². The molecule has 0 bridgehead atoms. The number of aliphatic hydroxyl groups excluding tert-OH is 16. The second kappa shape index (κ2) is 39.9. The Bertz CT molecular complexity index is 4780. The molecule has 8 heterocycles. The monoisotopic (exact) mass is 1670 g/mol. The van der Waals surface area contributed by atoms with Gasteiger partial charge in [-0.05, 0) is 239 Å². The first-order valence-corrected chi connectivity index (χ1v) is 43.2. The first-order valence-electron chi connectivity index (χ1n) is 43.2. The van der Waals surface area contributed by atoms with E-state index in [1.807, 2.05) is 66.7 Å². The molecule has 10 aliphatic rings. The van der Waals surface area contributed by atoms with Crippen LogP contribution in [0.3, 0.4) is 0 Å². The summed E-state index contributed by atoms with van der Waals surface area (Å²) in [7, 11) is 0. The Morgan fingerprint density at radius 3 is 1.17 bits per heavy atom. The molecule has 20 atom stereocenters. The van der Waals surface area contributed by atoms with Gasteiger partial charge in [-0.3, -0.25) is 0 Å². The van der Waals surface area contributed by atoms with E-state index in [2.05, 4.69) is 96.4 Å². The van der Waals surface area contributed by atoms with Crippen LogP contribution in [0.1, 0.15) is 195 Å². The molecule has 8 aliphatic heterocycles. The number of ether oxygens (including phenoxy) is 7. The van der Waals surface area contributed by atoms with Crippen LogP contribution in [-0.2, 0) is 70.3 Å². The molecule has 18 N–H and O–H groups in total. The van der Waals surface area contributed by atoms with Crippen LogP contribution in [0, 0.1) is 0 Å². The molecule has 4 saturated heterocycles. The van der Waals surface area contributed by atoms with Crippen LogP contribution in [0.25, 0.3) is 0 Å². The van der Waals surface area contributed by atoms with Gasteiger partial charge in [-0.25, -0.2) is 0 Å². The fourth-order valence-corrected chi connectivity index (χ4v) is 18.4. The molecule has 650 valence electrons. The quantitative estimate of drug-likeness (QED) is 0.0401. The predicted octanol–water partition coefficient (Wildman–Crippen LogP) is 6.69. The Labute approximate surface area is 705 Å². The zero-order chi connectivity index (χ0) is 84.7. The normalized spacial score (nSPS) is 29.8. The zero-order valence-corrected chi connectivity index (χ0v) is 68.3. The smallest absolute Gasteiger partial charge is 0.161 e. The van der Waals surface area contributed by atoms with E-state index in [1.54, 1.807) is 6.07 Å². The van der Waals surface area contributed by atoms with Gasteiger partial charge in [0.05, 0.1) is 33.0 Å². The largest absolute Gasteiger partial charge is 0.493 e. The van der Waals surface area contributed by atoms with Crippen molar-refractivity contribution in [1.82, 2.24) is 0 Å². The van der Waals surface area contributed by atoms with Crippen LogP contribution in [0.5, 0.6) is 17.2 Å². The summed E-state index contributed by atoms with van der Waals surface area (Å²) in [5, 5.41) is 168. The van der Waals surface area contributed by atoms with E-state index < -0.39 is 149 Å². The van der Waals surface area contributed by atoms with Crippen molar-refractivity contribution in [2.24, 2.45) is 0 Å². The average Bonchev–Trinajstić information content (AvgIpc) is 1.44. The first kappa shape index (κ1) is 87.8. The summed E-state index contributed by atoms with van der Waals surface area (Å²) in [5.74, 6) is 3.58. The molecular formula is C96H118N2O23. The number of rotatable bonds is 19. The van der Waals surface area contributed by atoms with Crippen molar-refractivity contribution >= 4 is 11.4 Å². The van der Waals surface area contributed by atoms with Crippen LogP contribution >= 0.6 is 0 Å². The van der Waals surface area contributed by atoms with E-state index in [1.165, 1.54) is 111 Å². The van der Waals surface area contributed by atoms with Gasteiger partial charge in [-0.15, -0.1) is 0 Å². The zero-order valence-electron chi connectivity index (χ0n) is 68.3. The Hall–Kier alpha value is -8.04. The minimum atomic E-state index is -1.39. The van der Waals surface area contributed by atoms with Gasteiger partial charge in [0.15, 0.2) is 11.5 Å². The van der Waals surface area contributed by atoms with Crippen LogP contribution in [0.15, 0.2) is 152 Å². The van der Waals surface area contributed by atoms with Crippen molar-refractivity contribution in [1.29, 1.82) is 0 Å². The van der Waals surface area contributed by atoms with Gasteiger partial charge in [0.1, 0.15) is 141 Å². The van der Waals surface area contributed by atoms with E-state index in [0.29, 0.717) is 37.0 Å². The molecule has 6 fully saturated rings. The number of nitrogens with one attached hydrogen (secondary N) is 2. The molecule has 25 nitrogen and oxygen atoms in total. The predicted molar refractivity (Wildman–Crippen MR) is 450 cm³/mol. The molecule has 0 unspecified atom stereocenters. The number of hydrogen-bond donors (Lipinski definition) is 18. The molecule has 2 saturated carbocycles. The van der Waals surface area contributed by atoms with Crippen LogP contribution in [-0.4, -0.2) is 239 Å². The minimum Gasteiger partial charge on any atom is -0.493 e. The highest BCUT2D eigenvalue weighted by atomic mass is 16.6. The van der Waals surface area contributed by atoms with Crippen molar-refractivity contribution in [2.75, 3.05) is 70.0 Å². The summed E-state index contributed by atoms with van der Waals surface area (Å²) in [5.41, 5.74) is 22.5. The van der Waals surface area contributed by atoms with Crippen molar-refractivity contribution in [3.05, 3.63) is 252 Å². The molecule has 2 aliphatic carbocycles. The molecular weight excluding hydrogens is 1550 g/mol. The summed E-state index contributed by atoms with van der Waals surface area (Å²) >= 11 is 0. The maximum absolute atomic E-state index is 10.6. The topological polar surface area (TPSA) is 412 Å². The number of aryl methyl sites for hydroxylation is 4. The molecule has 8 aromatic carbocycles. The summed E-state index contributed by atoms with van der Waals surface area (Å²) in [6.45, 7) is 4.26. The molecule has 25 heteroatoms. The lowest BCUT2D eigenvalue weighted by atomic mass is 9.76. The molecule has 0 aromatic heterocycles. The number of benzene rings is 8. The van der Waals surface area contributed by atoms with Crippen molar-refractivity contribution in [2.45, 2.75) is 244 Å². The van der Waals surface area contributed by atoms with Gasteiger partial charge >= 0.3 is 0 Å². The fraction of sp³-hybridized carbons (Fsp3) is 0.500. The third-order valence-corrected chi connectivity index (χ3v) is 25.7. The van der Waals surface area contributed by atoms with Gasteiger partial charge < -0.3 is 125 Å². The average molecular weight is 1670 g/mol. The number of hydrogen-bond acceptors (Lipinski definition) is 25. The lowest BCUT2D eigenvalue weighted by Crippen LogP contribution is -2.55. The Morgan fingerprint density at radius 2 is 0.702 bits per heavy atom. The number of aliphatic hydroxyl groups is 16. The van der Waals surface area contributed by atoms with Crippen LogP contribution in [0.4, 0.5) is 11.4 Å². The molecule has 0 radical (unpaired) electrons. The van der Waals surface area contributed by atoms with E-state index in [9.17, 15) is 81.7 Å². The lowest BCUT2D eigenvalue weighted by molar-refractivity contribution is -0.231. The summed E-state index contributed by atoms with van der Waals surface area (Å²) in [6.07, 6.45) is -6.45. The molecule has 18 rings (SSSR count). The van der Waals surface area contributed by atoms with Gasteiger partial charge in [0.2, 0.25) is 0 Å². The minimum absolute atomic E-state index is 0.420. The van der Waals surface area contributed by atoms with E-state index >= 15 is 0 Å². The fourth-order valence-electron chi connectivity index (χ4n) is 18.4. The van der Waals surface area contributed by atoms with Gasteiger partial charge in [-0.1, -0.05) is 135 Å². The maximum atomic E-state index is 10.6. The first-order chi connectivity index (χ1) is 58.7. The second-order valence-corrected chi connectivity index (χ2v) is 34.1.